The second-order valence-electron chi connectivity index (χ2n) is 5.75. The number of nitrogens with zero attached hydrogens (tertiary/aromatic N) is 3. The normalized spacial score (nSPS) is 10.3. The molecule has 0 fully saturated rings. The maximum absolute atomic E-state index is 12.6. The smallest absolute Gasteiger partial charge is 0.294 e. The lowest BCUT2D eigenvalue weighted by molar-refractivity contribution is 0.471. The lowest BCUT2D eigenvalue weighted by Gasteiger charge is -2.11. The van der Waals surface area contributed by atoms with E-state index < -0.39 is 0 Å². The molecule has 1 N–H and O–H groups in total. The summed E-state index contributed by atoms with van der Waals surface area (Å²) in [6.45, 7) is 0. The summed E-state index contributed by atoms with van der Waals surface area (Å²) in [5, 5.41) is 3.85. The molecule has 0 saturated heterocycles. The number of hydrogen-bond acceptors (Lipinski definition) is 5. The van der Waals surface area contributed by atoms with E-state index in [9.17, 15) is 4.79 Å². The highest BCUT2D eigenvalue weighted by Gasteiger charge is 2.11. The molecule has 2 heterocycles. The molecule has 27 heavy (non-hydrogen) atoms. The maximum Gasteiger partial charge on any atom is 0.294 e. The first-order chi connectivity index (χ1) is 12.7. The molecule has 7 heteroatoms. The van der Waals surface area contributed by atoms with Gasteiger partial charge in [-0.25, -0.2) is 4.98 Å². The lowest BCUT2D eigenvalue weighted by atomic mass is 10.3. The van der Waals surface area contributed by atoms with E-state index in [0.29, 0.717) is 17.3 Å². The van der Waals surface area contributed by atoms with Crippen LogP contribution in [-0.4, -0.2) is 14.5 Å². The molecule has 2 aromatic heterocycles. The van der Waals surface area contributed by atoms with Crippen molar-refractivity contribution in [3.63, 3.8) is 0 Å². The van der Waals surface area contributed by atoms with Crippen LogP contribution < -0.4 is 15.6 Å². The third-order valence-electron chi connectivity index (χ3n) is 3.92. The molecule has 0 bridgehead atoms. The number of anilines is 2. The van der Waals surface area contributed by atoms with Crippen molar-refractivity contribution in [3.05, 3.63) is 83.3 Å². The van der Waals surface area contributed by atoms with Crippen molar-refractivity contribution in [1.29, 1.82) is 0 Å². The number of hydrogen-bond donors (Lipinski definition) is 1. The van der Waals surface area contributed by atoms with Crippen molar-refractivity contribution in [2.75, 3.05) is 5.32 Å². The van der Waals surface area contributed by atoms with Gasteiger partial charge in [-0.2, -0.15) is 4.98 Å². The predicted octanol–water partition coefficient (Wildman–Crippen LogP) is 4.29. The number of pyridine rings is 1. The monoisotopic (exact) mass is 380 g/mol. The van der Waals surface area contributed by atoms with Gasteiger partial charge in [0, 0.05) is 24.3 Å². The Bertz CT molecular complexity index is 1120. The van der Waals surface area contributed by atoms with Crippen molar-refractivity contribution >= 4 is 35.1 Å². The van der Waals surface area contributed by atoms with E-state index in [1.165, 1.54) is 4.57 Å². The number of nitrogens with one attached hydrogen (secondary N) is 1. The van der Waals surface area contributed by atoms with Crippen LogP contribution in [0.15, 0.2) is 77.7 Å². The standard InChI is InChI=1S/C20H16N4O2.ClH/c1-24-18-14(12-17(19(24)25)26-16-10-6-3-7-11-16)13-21-20(23-18)22-15-8-4-2-5-9-15;/h2-13H,1H3,(H,21,22,23);1H. The number of halogens is 1. The van der Waals surface area contributed by atoms with Crippen LogP contribution in [0.5, 0.6) is 11.5 Å². The predicted molar refractivity (Wildman–Crippen MR) is 108 cm³/mol. The van der Waals surface area contributed by atoms with E-state index in [-0.39, 0.29) is 23.7 Å². The minimum absolute atomic E-state index is 0. The van der Waals surface area contributed by atoms with E-state index in [0.717, 1.165) is 11.1 Å². The molecule has 0 atom stereocenters. The summed E-state index contributed by atoms with van der Waals surface area (Å²) in [5.41, 5.74) is 1.15. The zero-order chi connectivity index (χ0) is 17.9. The van der Waals surface area contributed by atoms with Gasteiger partial charge in [-0.1, -0.05) is 36.4 Å². The molecular formula is C20H17ClN4O2. The molecule has 0 amide bonds. The van der Waals surface area contributed by atoms with E-state index in [1.54, 1.807) is 31.4 Å². The summed E-state index contributed by atoms with van der Waals surface area (Å²) in [6.07, 6.45) is 1.67. The summed E-state index contributed by atoms with van der Waals surface area (Å²) in [4.78, 5) is 21.4. The first-order valence-electron chi connectivity index (χ1n) is 8.12. The molecule has 0 aliphatic rings. The molecule has 136 valence electrons. The van der Waals surface area contributed by atoms with Gasteiger partial charge in [-0.3, -0.25) is 9.36 Å². The topological polar surface area (TPSA) is 69.0 Å². The molecule has 0 aliphatic heterocycles. The van der Waals surface area contributed by atoms with Crippen LogP contribution in [0.4, 0.5) is 11.6 Å². The quantitative estimate of drug-likeness (QED) is 0.572. The van der Waals surface area contributed by atoms with Crippen LogP contribution >= 0.6 is 12.4 Å². The molecule has 4 rings (SSSR count). The first-order valence-corrected chi connectivity index (χ1v) is 8.12. The Balaban J connectivity index is 0.00000210. The third-order valence-corrected chi connectivity index (χ3v) is 3.92. The fourth-order valence-corrected chi connectivity index (χ4v) is 2.62. The van der Waals surface area contributed by atoms with Crippen LogP contribution in [0, 0.1) is 0 Å². The van der Waals surface area contributed by atoms with Crippen LogP contribution in [-0.2, 0) is 7.05 Å². The summed E-state index contributed by atoms with van der Waals surface area (Å²) in [7, 11) is 1.67. The Labute approximate surface area is 161 Å². The van der Waals surface area contributed by atoms with Gasteiger partial charge in [0.25, 0.3) is 5.56 Å². The van der Waals surface area contributed by atoms with Crippen molar-refractivity contribution in [2.45, 2.75) is 0 Å². The van der Waals surface area contributed by atoms with Crippen molar-refractivity contribution < 1.29 is 4.74 Å². The van der Waals surface area contributed by atoms with Crippen molar-refractivity contribution in [2.24, 2.45) is 7.05 Å². The van der Waals surface area contributed by atoms with Crippen molar-refractivity contribution in [3.8, 4) is 11.5 Å². The molecule has 0 saturated carbocycles. The molecule has 0 unspecified atom stereocenters. The van der Waals surface area contributed by atoms with Crippen LogP contribution in [0.3, 0.4) is 0 Å². The van der Waals surface area contributed by atoms with E-state index >= 15 is 0 Å². The molecule has 0 aliphatic carbocycles. The SMILES string of the molecule is Cl.Cn1c(=O)c(Oc2ccccc2)cc2cnc(Nc3ccccc3)nc21. The van der Waals surface area contributed by atoms with Crippen molar-refractivity contribution in [1.82, 2.24) is 14.5 Å². The van der Waals surface area contributed by atoms with Gasteiger partial charge in [0.05, 0.1) is 0 Å². The lowest BCUT2D eigenvalue weighted by Crippen LogP contribution is -2.19. The van der Waals surface area contributed by atoms with Gasteiger partial charge < -0.3 is 10.1 Å². The van der Waals surface area contributed by atoms with E-state index in [2.05, 4.69) is 15.3 Å². The molecule has 2 aromatic carbocycles. The Hall–Kier alpha value is -3.38. The number of para-hydroxylation sites is 2. The van der Waals surface area contributed by atoms with Gasteiger partial charge in [0.15, 0.2) is 5.75 Å². The second kappa shape index (κ2) is 7.88. The molecular weight excluding hydrogens is 364 g/mol. The zero-order valence-electron chi connectivity index (χ0n) is 14.5. The molecule has 4 aromatic rings. The highest BCUT2D eigenvalue weighted by molar-refractivity contribution is 5.85. The Morgan fingerprint density at radius 2 is 1.67 bits per heavy atom. The van der Waals surface area contributed by atoms with Gasteiger partial charge in [0.1, 0.15) is 11.4 Å². The van der Waals surface area contributed by atoms with E-state index in [1.807, 2.05) is 48.5 Å². The second-order valence-corrected chi connectivity index (χ2v) is 5.75. The number of aromatic nitrogens is 3. The number of benzene rings is 2. The highest BCUT2D eigenvalue weighted by atomic mass is 35.5. The molecule has 0 spiro atoms. The Morgan fingerprint density at radius 1 is 1.00 bits per heavy atom. The average molecular weight is 381 g/mol. The fourth-order valence-electron chi connectivity index (χ4n) is 2.62. The average Bonchev–Trinajstić information content (AvgIpc) is 2.68. The number of fused-ring (bicyclic) bond motifs is 1. The maximum atomic E-state index is 12.6. The highest BCUT2D eigenvalue weighted by Crippen LogP contribution is 2.22. The van der Waals surface area contributed by atoms with E-state index in [4.69, 9.17) is 4.74 Å². The fraction of sp³-hybridized carbons (Fsp3) is 0.0500. The van der Waals surface area contributed by atoms with Gasteiger partial charge in [-0.05, 0) is 30.3 Å². The minimum atomic E-state index is -0.259. The van der Waals surface area contributed by atoms with Crippen LogP contribution in [0.2, 0.25) is 0 Å². The van der Waals surface area contributed by atoms with Crippen LogP contribution in [0.1, 0.15) is 0 Å². The van der Waals surface area contributed by atoms with Crippen LogP contribution in [0.25, 0.3) is 11.0 Å². The first kappa shape index (κ1) is 18.4. The molecule has 6 nitrogen and oxygen atoms in total. The molecule has 0 radical (unpaired) electrons. The zero-order valence-corrected chi connectivity index (χ0v) is 15.3. The summed E-state index contributed by atoms with van der Waals surface area (Å²) in [6, 6.07) is 20.5. The third kappa shape index (κ3) is 3.91. The van der Waals surface area contributed by atoms with Gasteiger partial charge >= 0.3 is 0 Å². The number of ether oxygens (including phenoxy) is 1. The summed E-state index contributed by atoms with van der Waals surface area (Å²) < 4.78 is 7.18. The Morgan fingerprint density at radius 3 is 2.37 bits per heavy atom. The van der Waals surface area contributed by atoms with Gasteiger partial charge in [-0.15, -0.1) is 12.4 Å². The summed E-state index contributed by atoms with van der Waals surface area (Å²) >= 11 is 0. The number of rotatable bonds is 4. The summed E-state index contributed by atoms with van der Waals surface area (Å²) in [5.74, 6) is 1.27. The minimum Gasteiger partial charge on any atom is -0.452 e. The largest absolute Gasteiger partial charge is 0.452 e. The van der Waals surface area contributed by atoms with Gasteiger partial charge in [0.2, 0.25) is 5.95 Å². The number of aryl methyl sites for hydroxylation is 1. The Kier molecular flexibility index (Phi) is 5.38.